The van der Waals surface area contributed by atoms with E-state index in [1.165, 1.54) is 12.1 Å². The van der Waals surface area contributed by atoms with Crippen LogP contribution >= 0.6 is 12.2 Å². The Morgan fingerprint density at radius 1 is 1.00 bits per heavy atom. The van der Waals surface area contributed by atoms with Crippen molar-refractivity contribution in [1.29, 1.82) is 0 Å². The Morgan fingerprint density at radius 3 is 2.43 bits per heavy atom. The normalized spacial score (nSPS) is 14.4. The van der Waals surface area contributed by atoms with Crippen molar-refractivity contribution >= 4 is 34.4 Å². The van der Waals surface area contributed by atoms with Gasteiger partial charge in [0.2, 0.25) is 0 Å². The number of halogens is 1. The summed E-state index contributed by atoms with van der Waals surface area (Å²) in [6.45, 7) is 3.17. The molecule has 0 spiro atoms. The number of nitrogens with zero attached hydrogens (tertiary/aromatic N) is 1. The lowest BCUT2D eigenvalue weighted by atomic mass is 10.2. The zero-order chi connectivity index (χ0) is 16.1. The molecule has 0 saturated carbocycles. The molecule has 2 aromatic carbocycles. The third-order valence-corrected chi connectivity index (χ3v) is 3.81. The Balaban J connectivity index is 1.69. The lowest BCUT2D eigenvalue weighted by Gasteiger charge is -2.30. The third kappa shape index (κ3) is 4.18. The van der Waals surface area contributed by atoms with Gasteiger partial charge in [-0.1, -0.05) is 12.1 Å². The number of ether oxygens (including phenoxy) is 1. The molecule has 120 valence electrons. The largest absolute Gasteiger partial charge is 0.378 e. The van der Waals surface area contributed by atoms with Gasteiger partial charge in [-0.3, -0.25) is 0 Å². The van der Waals surface area contributed by atoms with Crippen LogP contribution in [0, 0.1) is 5.82 Å². The number of rotatable bonds is 3. The zero-order valence-electron chi connectivity index (χ0n) is 12.6. The first-order valence-corrected chi connectivity index (χ1v) is 7.88. The van der Waals surface area contributed by atoms with E-state index >= 15 is 0 Å². The maximum atomic E-state index is 12.9. The van der Waals surface area contributed by atoms with Crippen molar-refractivity contribution in [2.75, 3.05) is 41.8 Å². The molecule has 4 nitrogen and oxygen atoms in total. The van der Waals surface area contributed by atoms with Gasteiger partial charge in [0.15, 0.2) is 5.11 Å². The fraction of sp³-hybridized carbons (Fsp3) is 0.235. The Morgan fingerprint density at radius 2 is 1.70 bits per heavy atom. The van der Waals surface area contributed by atoms with Crippen LogP contribution in [0.2, 0.25) is 0 Å². The second-order valence-electron chi connectivity index (χ2n) is 5.20. The number of hydrogen-bond acceptors (Lipinski definition) is 3. The summed E-state index contributed by atoms with van der Waals surface area (Å²) >= 11 is 5.35. The first-order chi connectivity index (χ1) is 11.2. The van der Waals surface area contributed by atoms with Crippen LogP contribution in [0.25, 0.3) is 0 Å². The van der Waals surface area contributed by atoms with Crippen molar-refractivity contribution in [2.45, 2.75) is 0 Å². The summed E-state index contributed by atoms with van der Waals surface area (Å²) in [7, 11) is 0. The highest BCUT2D eigenvalue weighted by Gasteiger charge is 2.14. The van der Waals surface area contributed by atoms with Crippen LogP contribution in [0.15, 0.2) is 48.5 Å². The fourth-order valence-corrected chi connectivity index (χ4v) is 2.71. The molecular weight excluding hydrogens is 313 g/mol. The Kier molecular flexibility index (Phi) is 5.05. The number of nitrogens with one attached hydrogen (secondary N) is 2. The van der Waals surface area contributed by atoms with Crippen molar-refractivity contribution < 1.29 is 9.13 Å². The standard InChI is InChI=1S/C17H18FN3OS/c18-13-5-7-14(8-6-13)19-17(23)20-15-3-1-2-4-16(15)21-9-11-22-12-10-21/h1-8H,9-12H2,(H2,19,20,23). The van der Waals surface area contributed by atoms with E-state index in [0.717, 1.165) is 43.4 Å². The van der Waals surface area contributed by atoms with E-state index in [9.17, 15) is 4.39 Å². The van der Waals surface area contributed by atoms with Crippen LogP contribution in [0.3, 0.4) is 0 Å². The van der Waals surface area contributed by atoms with Crippen LogP contribution in [0.4, 0.5) is 21.5 Å². The van der Waals surface area contributed by atoms with Gasteiger partial charge >= 0.3 is 0 Å². The summed E-state index contributed by atoms with van der Waals surface area (Å²) in [5, 5.41) is 6.74. The minimum Gasteiger partial charge on any atom is -0.378 e. The summed E-state index contributed by atoms with van der Waals surface area (Å²) < 4.78 is 18.3. The molecule has 6 heteroatoms. The van der Waals surface area contributed by atoms with E-state index in [2.05, 4.69) is 21.6 Å². The molecule has 0 unspecified atom stereocenters. The summed E-state index contributed by atoms with van der Waals surface area (Å²) in [4.78, 5) is 2.27. The lowest BCUT2D eigenvalue weighted by Crippen LogP contribution is -2.36. The summed E-state index contributed by atoms with van der Waals surface area (Å²) in [5.74, 6) is -0.271. The summed E-state index contributed by atoms with van der Waals surface area (Å²) in [6, 6.07) is 14.1. The van der Waals surface area contributed by atoms with Gasteiger partial charge in [0, 0.05) is 18.8 Å². The molecule has 0 aromatic heterocycles. The zero-order valence-corrected chi connectivity index (χ0v) is 13.4. The predicted molar refractivity (Wildman–Crippen MR) is 95.7 cm³/mol. The van der Waals surface area contributed by atoms with E-state index < -0.39 is 0 Å². The molecule has 1 aliphatic heterocycles. The molecule has 2 aromatic rings. The van der Waals surface area contributed by atoms with Crippen molar-refractivity contribution in [3.63, 3.8) is 0 Å². The topological polar surface area (TPSA) is 36.5 Å². The first kappa shape index (κ1) is 15.7. The summed E-state index contributed by atoms with van der Waals surface area (Å²) in [6.07, 6.45) is 0. The number of para-hydroxylation sites is 2. The highest BCUT2D eigenvalue weighted by atomic mass is 32.1. The van der Waals surface area contributed by atoms with E-state index in [1.54, 1.807) is 12.1 Å². The first-order valence-electron chi connectivity index (χ1n) is 7.48. The Bertz CT molecular complexity index is 672. The van der Waals surface area contributed by atoms with Gasteiger partial charge < -0.3 is 20.3 Å². The molecule has 0 aliphatic carbocycles. The highest BCUT2D eigenvalue weighted by molar-refractivity contribution is 7.80. The van der Waals surface area contributed by atoms with Gasteiger partial charge in [-0.2, -0.15) is 0 Å². The van der Waals surface area contributed by atoms with Gasteiger partial charge in [0.25, 0.3) is 0 Å². The minimum absolute atomic E-state index is 0.271. The van der Waals surface area contributed by atoms with Crippen molar-refractivity contribution in [3.8, 4) is 0 Å². The highest BCUT2D eigenvalue weighted by Crippen LogP contribution is 2.26. The maximum absolute atomic E-state index is 12.9. The molecule has 1 heterocycles. The van der Waals surface area contributed by atoms with Crippen LogP contribution in [0.5, 0.6) is 0 Å². The number of thiocarbonyl (C=S) groups is 1. The molecule has 23 heavy (non-hydrogen) atoms. The van der Waals surface area contributed by atoms with E-state index in [4.69, 9.17) is 17.0 Å². The smallest absolute Gasteiger partial charge is 0.175 e. The Labute approximate surface area is 140 Å². The molecule has 0 bridgehead atoms. The fourth-order valence-electron chi connectivity index (χ4n) is 2.48. The van der Waals surface area contributed by atoms with Gasteiger partial charge in [-0.05, 0) is 48.6 Å². The average molecular weight is 331 g/mol. The van der Waals surface area contributed by atoms with E-state index in [0.29, 0.717) is 5.11 Å². The summed E-state index contributed by atoms with van der Waals surface area (Å²) in [5.41, 5.74) is 2.78. The molecule has 1 aliphatic rings. The second kappa shape index (κ2) is 7.39. The Hall–Kier alpha value is -2.18. The van der Waals surface area contributed by atoms with Gasteiger partial charge in [-0.25, -0.2) is 4.39 Å². The van der Waals surface area contributed by atoms with Gasteiger partial charge in [0.1, 0.15) is 5.82 Å². The molecule has 1 fully saturated rings. The van der Waals surface area contributed by atoms with Crippen LogP contribution in [0.1, 0.15) is 0 Å². The number of benzene rings is 2. The predicted octanol–water partition coefficient (Wildman–Crippen LogP) is 3.47. The van der Waals surface area contributed by atoms with Crippen LogP contribution in [-0.4, -0.2) is 31.4 Å². The minimum atomic E-state index is -0.271. The van der Waals surface area contributed by atoms with E-state index in [-0.39, 0.29) is 5.82 Å². The van der Waals surface area contributed by atoms with E-state index in [1.807, 2.05) is 18.2 Å². The molecule has 3 rings (SSSR count). The van der Waals surface area contributed by atoms with Crippen molar-refractivity contribution in [3.05, 3.63) is 54.3 Å². The molecule has 2 N–H and O–H groups in total. The monoisotopic (exact) mass is 331 g/mol. The molecule has 0 radical (unpaired) electrons. The number of morpholine rings is 1. The number of anilines is 3. The SMILES string of the molecule is Fc1ccc(NC(=S)Nc2ccccc2N2CCOCC2)cc1. The second-order valence-corrected chi connectivity index (χ2v) is 5.61. The molecule has 0 atom stereocenters. The lowest BCUT2D eigenvalue weighted by molar-refractivity contribution is 0.123. The molecular formula is C17H18FN3OS. The number of hydrogen-bond donors (Lipinski definition) is 2. The third-order valence-electron chi connectivity index (χ3n) is 3.61. The van der Waals surface area contributed by atoms with Gasteiger partial charge in [0.05, 0.1) is 24.6 Å². The average Bonchev–Trinajstić information content (AvgIpc) is 2.58. The van der Waals surface area contributed by atoms with Crippen molar-refractivity contribution in [2.24, 2.45) is 0 Å². The quantitative estimate of drug-likeness (QED) is 0.842. The van der Waals surface area contributed by atoms with Crippen LogP contribution in [-0.2, 0) is 4.74 Å². The molecule has 1 saturated heterocycles. The maximum Gasteiger partial charge on any atom is 0.175 e. The van der Waals surface area contributed by atoms with Gasteiger partial charge in [-0.15, -0.1) is 0 Å². The van der Waals surface area contributed by atoms with Crippen LogP contribution < -0.4 is 15.5 Å². The molecule has 0 amide bonds. The van der Waals surface area contributed by atoms with Crippen molar-refractivity contribution in [1.82, 2.24) is 0 Å².